The molecule has 1 N–H and O–H groups in total. The minimum Gasteiger partial charge on any atom is -0.489 e. The van der Waals surface area contributed by atoms with Crippen LogP contribution in [0.25, 0.3) is 0 Å². The van der Waals surface area contributed by atoms with Gasteiger partial charge < -0.3 is 14.8 Å². The fourth-order valence-corrected chi connectivity index (χ4v) is 4.03. The van der Waals surface area contributed by atoms with E-state index in [1.54, 1.807) is 12.1 Å². The number of nitrogens with one attached hydrogen (secondary N) is 1. The third kappa shape index (κ3) is 3.26. The zero-order chi connectivity index (χ0) is 17.3. The molecule has 0 atom stereocenters. The van der Waals surface area contributed by atoms with Gasteiger partial charge in [-0.1, -0.05) is 23.7 Å². The second-order valence-electron chi connectivity index (χ2n) is 6.65. The van der Waals surface area contributed by atoms with Crippen molar-refractivity contribution in [3.63, 3.8) is 0 Å². The highest BCUT2D eigenvalue weighted by Gasteiger charge is 2.38. The lowest BCUT2D eigenvalue weighted by Gasteiger charge is -2.42. The summed E-state index contributed by atoms with van der Waals surface area (Å²) < 4.78 is 25.9. The molecular weight excluding hydrogens is 341 g/mol. The van der Waals surface area contributed by atoms with Crippen LogP contribution >= 0.6 is 11.6 Å². The summed E-state index contributed by atoms with van der Waals surface area (Å²) >= 11 is 6.07. The number of hydrogen-bond donors (Lipinski definition) is 1. The highest BCUT2D eigenvalue weighted by Crippen LogP contribution is 2.41. The third-order valence-electron chi connectivity index (χ3n) is 5.17. The van der Waals surface area contributed by atoms with E-state index in [9.17, 15) is 4.39 Å². The molecule has 2 aliphatic heterocycles. The Balaban J connectivity index is 1.55. The van der Waals surface area contributed by atoms with Gasteiger partial charge in [-0.3, -0.25) is 0 Å². The van der Waals surface area contributed by atoms with Gasteiger partial charge in [-0.2, -0.15) is 0 Å². The molecule has 0 amide bonds. The summed E-state index contributed by atoms with van der Waals surface area (Å²) in [4.78, 5) is 0. The Hall–Kier alpha value is -1.62. The van der Waals surface area contributed by atoms with Gasteiger partial charge in [-0.25, -0.2) is 4.39 Å². The highest BCUT2D eigenvalue weighted by molar-refractivity contribution is 6.31. The molecule has 0 bridgehead atoms. The van der Waals surface area contributed by atoms with Crippen LogP contribution in [-0.4, -0.2) is 19.7 Å². The first-order valence-electron chi connectivity index (χ1n) is 8.72. The number of benzene rings is 2. The van der Waals surface area contributed by atoms with Gasteiger partial charge in [0.05, 0.1) is 17.2 Å². The maximum Gasteiger partial charge on any atom is 0.131 e. The number of hydrogen-bond acceptors (Lipinski definition) is 3. The Morgan fingerprint density at radius 2 is 2.04 bits per heavy atom. The molecule has 2 aromatic rings. The number of rotatable bonds is 3. The molecular formula is C20H21ClFNO2. The summed E-state index contributed by atoms with van der Waals surface area (Å²) in [6.07, 6.45) is 2.86. The van der Waals surface area contributed by atoms with Crippen LogP contribution in [0.2, 0.25) is 5.02 Å². The van der Waals surface area contributed by atoms with Crippen molar-refractivity contribution in [1.82, 2.24) is 5.32 Å². The average Bonchev–Trinajstić information content (AvgIpc) is 2.62. The van der Waals surface area contributed by atoms with Crippen molar-refractivity contribution in [3.05, 3.63) is 63.9 Å². The molecule has 4 rings (SSSR count). The topological polar surface area (TPSA) is 30.5 Å². The smallest absolute Gasteiger partial charge is 0.131 e. The fraction of sp³-hybridized carbons (Fsp3) is 0.400. The second kappa shape index (κ2) is 6.94. The standard InChI is InChI=1S/C20H21ClFNO2/c21-18-2-1-3-19(22)16(18)13-24-15-4-5-17-14(12-15)6-11-25-20(17)7-9-23-10-8-20/h1-5,12,23H,6-11,13H2. The summed E-state index contributed by atoms with van der Waals surface area (Å²) in [5.41, 5.74) is 2.77. The molecule has 0 aromatic heterocycles. The van der Waals surface area contributed by atoms with Crippen molar-refractivity contribution < 1.29 is 13.9 Å². The molecule has 132 valence electrons. The van der Waals surface area contributed by atoms with Crippen molar-refractivity contribution >= 4 is 11.6 Å². The van der Waals surface area contributed by atoms with Crippen LogP contribution in [0.15, 0.2) is 36.4 Å². The minimum absolute atomic E-state index is 0.121. The van der Waals surface area contributed by atoms with Crippen LogP contribution in [0.4, 0.5) is 4.39 Å². The second-order valence-corrected chi connectivity index (χ2v) is 7.06. The molecule has 2 aliphatic rings. The van der Waals surface area contributed by atoms with Crippen LogP contribution in [0.3, 0.4) is 0 Å². The average molecular weight is 362 g/mol. The molecule has 2 aromatic carbocycles. The zero-order valence-corrected chi connectivity index (χ0v) is 14.7. The van der Waals surface area contributed by atoms with Gasteiger partial charge >= 0.3 is 0 Å². The minimum atomic E-state index is -0.340. The predicted octanol–water partition coefficient (Wildman–Crippen LogP) is 4.21. The molecule has 0 aliphatic carbocycles. The van der Waals surface area contributed by atoms with Gasteiger partial charge in [0.15, 0.2) is 0 Å². The zero-order valence-electron chi connectivity index (χ0n) is 14.0. The van der Waals surface area contributed by atoms with Gasteiger partial charge in [-0.05, 0) is 67.7 Å². The number of halogens is 2. The lowest BCUT2D eigenvalue weighted by Crippen LogP contribution is -2.44. The predicted molar refractivity (Wildman–Crippen MR) is 95.6 cm³/mol. The lowest BCUT2D eigenvalue weighted by molar-refractivity contribution is -0.0802. The van der Waals surface area contributed by atoms with Crippen molar-refractivity contribution in [2.75, 3.05) is 19.7 Å². The van der Waals surface area contributed by atoms with Gasteiger partial charge in [0, 0.05) is 5.56 Å². The summed E-state index contributed by atoms with van der Waals surface area (Å²) in [5.74, 6) is 0.400. The van der Waals surface area contributed by atoms with Gasteiger partial charge in [0.1, 0.15) is 18.2 Å². The third-order valence-corrected chi connectivity index (χ3v) is 5.53. The Labute approximate surface area is 152 Å². The van der Waals surface area contributed by atoms with E-state index in [1.165, 1.54) is 17.2 Å². The van der Waals surface area contributed by atoms with Crippen molar-refractivity contribution in [1.29, 1.82) is 0 Å². The van der Waals surface area contributed by atoms with Gasteiger partial charge in [0.25, 0.3) is 0 Å². The Kier molecular flexibility index (Phi) is 4.67. The lowest BCUT2D eigenvalue weighted by atomic mass is 9.80. The molecule has 3 nitrogen and oxygen atoms in total. The summed E-state index contributed by atoms with van der Waals surface area (Å²) in [7, 11) is 0. The first-order chi connectivity index (χ1) is 12.2. The van der Waals surface area contributed by atoms with Crippen LogP contribution in [0.5, 0.6) is 5.75 Å². The first kappa shape index (κ1) is 16.8. The van der Waals surface area contributed by atoms with E-state index in [-0.39, 0.29) is 18.0 Å². The van der Waals surface area contributed by atoms with Crippen molar-refractivity contribution in [2.45, 2.75) is 31.5 Å². The van der Waals surface area contributed by atoms with Crippen LogP contribution in [0, 0.1) is 5.82 Å². The van der Waals surface area contributed by atoms with Gasteiger partial charge in [0.2, 0.25) is 0 Å². The summed E-state index contributed by atoms with van der Waals surface area (Å²) in [6, 6.07) is 10.8. The van der Waals surface area contributed by atoms with E-state index in [1.807, 2.05) is 6.07 Å². The van der Waals surface area contributed by atoms with E-state index < -0.39 is 0 Å². The van der Waals surface area contributed by atoms with E-state index >= 15 is 0 Å². The molecule has 1 spiro atoms. The number of ether oxygens (including phenoxy) is 2. The van der Waals surface area contributed by atoms with Crippen LogP contribution < -0.4 is 10.1 Å². The maximum atomic E-state index is 13.9. The number of piperidine rings is 1. The van der Waals surface area contributed by atoms with Crippen LogP contribution in [0.1, 0.15) is 29.5 Å². The monoisotopic (exact) mass is 361 g/mol. The van der Waals surface area contributed by atoms with Gasteiger partial charge in [-0.15, -0.1) is 0 Å². The first-order valence-corrected chi connectivity index (χ1v) is 9.09. The largest absolute Gasteiger partial charge is 0.489 e. The van der Waals surface area contributed by atoms with E-state index in [2.05, 4.69) is 17.4 Å². The van der Waals surface area contributed by atoms with E-state index in [4.69, 9.17) is 21.1 Å². The van der Waals surface area contributed by atoms with Crippen molar-refractivity contribution in [2.24, 2.45) is 0 Å². The summed E-state index contributed by atoms with van der Waals surface area (Å²) in [6.45, 7) is 2.80. The van der Waals surface area contributed by atoms with E-state index in [0.717, 1.165) is 44.7 Å². The molecule has 0 saturated carbocycles. The molecule has 0 unspecified atom stereocenters. The summed E-state index contributed by atoms with van der Waals surface area (Å²) in [5, 5.41) is 3.78. The fourth-order valence-electron chi connectivity index (χ4n) is 3.82. The number of fused-ring (bicyclic) bond motifs is 2. The maximum absolute atomic E-state index is 13.9. The van der Waals surface area contributed by atoms with Crippen molar-refractivity contribution in [3.8, 4) is 5.75 Å². The molecule has 1 saturated heterocycles. The Morgan fingerprint density at radius 1 is 1.20 bits per heavy atom. The SMILES string of the molecule is Fc1cccc(Cl)c1COc1ccc2c(c1)CCOC21CCNCC1. The molecule has 5 heteroatoms. The quantitative estimate of drug-likeness (QED) is 0.888. The molecule has 2 heterocycles. The molecule has 25 heavy (non-hydrogen) atoms. The normalized spacial score (nSPS) is 18.8. The Morgan fingerprint density at radius 3 is 2.84 bits per heavy atom. The van der Waals surface area contributed by atoms with E-state index in [0.29, 0.717) is 10.6 Å². The van der Waals surface area contributed by atoms with Crippen LogP contribution in [-0.2, 0) is 23.4 Å². The highest BCUT2D eigenvalue weighted by atomic mass is 35.5. The Bertz CT molecular complexity index is 754. The molecule has 1 fully saturated rings. The molecule has 0 radical (unpaired) electrons.